The summed E-state index contributed by atoms with van der Waals surface area (Å²) in [5.74, 6) is 0. The minimum atomic E-state index is -0.0782. The van der Waals surface area contributed by atoms with Crippen LogP contribution in [-0.4, -0.2) is 19.6 Å². The van der Waals surface area contributed by atoms with Gasteiger partial charge in [-0.3, -0.25) is 0 Å². The molecule has 0 saturated carbocycles. The molecule has 0 aliphatic rings. The molecule has 5 heteroatoms. The second-order valence-electron chi connectivity index (χ2n) is 3.32. The Morgan fingerprint density at radius 3 is 3.00 bits per heavy atom. The van der Waals surface area contributed by atoms with E-state index in [1.807, 2.05) is 16.7 Å². The fourth-order valence-corrected chi connectivity index (χ4v) is 1.44. The van der Waals surface area contributed by atoms with Crippen molar-refractivity contribution in [1.82, 2.24) is 14.5 Å². The molecule has 0 aliphatic carbocycles. The predicted octanol–water partition coefficient (Wildman–Crippen LogP) is 0.690. The van der Waals surface area contributed by atoms with Gasteiger partial charge in [-0.1, -0.05) is 6.07 Å². The Morgan fingerprint density at radius 2 is 2.31 bits per heavy atom. The van der Waals surface area contributed by atoms with Crippen LogP contribution in [0, 0.1) is 11.3 Å². The van der Waals surface area contributed by atoms with Crippen molar-refractivity contribution < 1.29 is 5.11 Å². The van der Waals surface area contributed by atoms with Gasteiger partial charge in [-0.2, -0.15) is 5.26 Å². The third-order valence-corrected chi connectivity index (χ3v) is 2.20. The van der Waals surface area contributed by atoms with E-state index in [-0.39, 0.29) is 6.61 Å². The standard InChI is InChI=1S/C11H10N4O/c12-4-11-9(2-1-3-13-11)5-15-6-10(7-16)14-8-15/h1-3,6,8,16H,5,7H2. The summed E-state index contributed by atoms with van der Waals surface area (Å²) in [6.07, 6.45) is 4.96. The molecule has 0 fully saturated rings. The lowest BCUT2D eigenvalue weighted by atomic mass is 10.2. The zero-order valence-electron chi connectivity index (χ0n) is 8.54. The maximum absolute atomic E-state index is 8.88. The van der Waals surface area contributed by atoms with E-state index in [4.69, 9.17) is 10.4 Å². The molecule has 0 spiro atoms. The van der Waals surface area contributed by atoms with E-state index in [9.17, 15) is 0 Å². The van der Waals surface area contributed by atoms with E-state index in [1.165, 1.54) is 0 Å². The van der Waals surface area contributed by atoms with E-state index in [2.05, 4.69) is 9.97 Å². The molecule has 1 N–H and O–H groups in total. The van der Waals surface area contributed by atoms with Gasteiger partial charge in [0, 0.05) is 18.0 Å². The molecule has 80 valence electrons. The molecular formula is C11H10N4O. The van der Waals surface area contributed by atoms with Crippen molar-refractivity contribution in [3.8, 4) is 6.07 Å². The molecule has 16 heavy (non-hydrogen) atoms. The van der Waals surface area contributed by atoms with E-state index >= 15 is 0 Å². The zero-order chi connectivity index (χ0) is 11.4. The van der Waals surface area contributed by atoms with E-state index in [0.29, 0.717) is 17.9 Å². The Morgan fingerprint density at radius 1 is 1.44 bits per heavy atom. The highest BCUT2D eigenvalue weighted by molar-refractivity contribution is 5.30. The number of nitriles is 1. The molecule has 0 unspecified atom stereocenters. The number of imidazole rings is 1. The summed E-state index contributed by atoms with van der Waals surface area (Å²) in [6, 6.07) is 5.69. The normalized spacial score (nSPS) is 10.0. The molecule has 2 aromatic heterocycles. The Hall–Kier alpha value is -2.19. The topological polar surface area (TPSA) is 74.7 Å². The van der Waals surface area contributed by atoms with Gasteiger partial charge in [0.2, 0.25) is 0 Å². The highest BCUT2D eigenvalue weighted by Crippen LogP contribution is 2.07. The number of hydrogen-bond acceptors (Lipinski definition) is 4. The molecular weight excluding hydrogens is 204 g/mol. The van der Waals surface area contributed by atoms with E-state index < -0.39 is 0 Å². The maximum atomic E-state index is 8.88. The average molecular weight is 214 g/mol. The molecule has 0 atom stereocenters. The van der Waals surface area contributed by atoms with Crippen molar-refractivity contribution in [3.05, 3.63) is 47.8 Å². The van der Waals surface area contributed by atoms with Crippen LogP contribution in [0.2, 0.25) is 0 Å². The van der Waals surface area contributed by atoms with Crippen LogP contribution in [0.3, 0.4) is 0 Å². The Bertz CT molecular complexity index is 527. The SMILES string of the molecule is N#Cc1ncccc1Cn1cnc(CO)c1. The summed E-state index contributed by atoms with van der Waals surface area (Å²) < 4.78 is 1.81. The molecule has 0 saturated heterocycles. The van der Waals surface area contributed by atoms with Crippen molar-refractivity contribution in [2.45, 2.75) is 13.2 Å². The Labute approximate surface area is 92.6 Å². The van der Waals surface area contributed by atoms with Crippen LogP contribution in [0.25, 0.3) is 0 Å². The highest BCUT2D eigenvalue weighted by Gasteiger charge is 2.03. The van der Waals surface area contributed by atoms with Gasteiger partial charge >= 0.3 is 0 Å². The second-order valence-corrected chi connectivity index (χ2v) is 3.32. The monoisotopic (exact) mass is 214 g/mol. The molecule has 0 aliphatic heterocycles. The number of pyridine rings is 1. The van der Waals surface area contributed by atoms with Gasteiger partial charge in [0.15, 0.2) is 0 Å². The molecule has 0 radical (unpaired) electrons. The van der Waals surface area contributed by atoms with Crippen molar-refractivity contribution in [3.63, 3.8) is 0 Å². The van der Waals surface area contributed by atoms with Crippen LogP contribution in [0.15, 0.2) is 30.9 Å². The molecule has 0 amide bonds. The molecule has 5 nitrogen and oxygen atoms in total. The summed E-state index contributed by atoms with van der Waals surface area (Å²) >= 11 is 0. The fourth-order valence-electron chi connectivity index (χ4n) is 1.44. The van der Waals surface area contributed by atoms with Crippen molar-refractivity contribution in [2.24, 2.45) is 0 Å². The first-order valence-electron chi connectivity index (χ1n) is 4.79. The van der Waals surface area contributed by atoms with Crippen molar-refractivity contribution in [2.75, 3.05) is 0 Å². The van der Waals surface area contributed by atoms with Crippen LogP contribution in [0.1, 0.15) is 17.0 Å². The molecule has 0 aromatic carbocycles. The van der Waals surface area contributed by atoms with Crippen LogP contribution in [-0.2, 0) is 13.2 Å². The third-order valence-electron chi connectivity index (χ3n) is 2.20. The summed E-state index contributed by atoms with van der Waals surface area (Å²) in [5, 5.41) is 17.7. The molecule has 2 aromatic rings. The first kappa shape index (κ1) is 10.3. The largest absolute Gasteiger partial charge is 0.390 e. The Balaban J connectivity index is 2.24. The number of aliphatic hydroxyl groups excluding tert-OH is 1. The van der Waals surface area contributed by atoms with E-state index in [0.717, 1.165) is 5.56 Å². The second kappa shape index (κ2) is 4.55. The number of rotatable bonds is 3. The number of aliphatic hydroxyl groups is 1. The first-order chi connectivity index (χ1) is 7.83. The number of aromatic nitrogens is 3. The highest BCUT2D eigenvalue weighted by atomic mass is 16.3. The molecule has 2 heterocycles. The number of nitrogens with zero attached hydrogens (tertiary/aromatic N) is 4. The number of hydrogen-bond donors (Lipinski definition) is 1. The van der Waals surface area contributed by atoms with Crippen LogP contribution >= 0.6 is 0 Å². The lowest BCUT2D eigenvalue weighted by molar-refractivity contribution is 0.277. The van der Waals surface area contributed by atoms with Crippen LogP contribution in [0.5, 0.6) is 0 Å². The van der Waals surface area contributed by atoms with Crippen molar-refractivity contribution in [1.29, 1.82) is 5.26 Å². The van der Waals surface area contributed by atoms with Gasteiger partial charge in [-0.25, -0.2) is 9.97 Å². The zero-order valence-corrected chi connectivity index (χ0v) is 8.54. The summed E-state index contributed by atoms with van der Waals surface area (Å²) in [5.41, 5.74) is 1.87. The lowest BCUT2D eigenvalue weighted by Gasteiger charge is -2.03. The lowest BCUT2D eigenvalue weighted by Crippen LogP contribution is -2.00. The van der Waals surface area contributed by atoms with Gasteiger partial charge in [0.1, 0.15) is 11.8 Å². The van der Waals surface area contributed by atoms with Crippen molar-refractivity contribution >= 4 is 0 Å². The quantitative estimate of drug-likeness (QED) is 0.815. The van der Waals surface area contributed by atoms with E-state index in [1.54, 1.807) is 24.8 Å². The minimum absolute atomic E-state index is 0.0782. The molecule has 2 rings (SSSR count). The van der Waals surface area contributed by atoms with Gasteiger partial charge in [-0.05, 0) is 6.07 Å². The third kappa shape index (κ3) is 2.07. The van der Waals surface area contributed by atoms with Gasteiger partial charge in [0.25, 0.3) is 0 Å². The average Bonchev–Trinajstić information content (AvgIpc) is 2.77. The fraction of sp³-hybridized carbons (Fsp3) is 0.182. The smallest absolute Gasteiger partial charge is 0.145 e. The maximum Gasteiger partial charge on any atom is 0.145 e. The van der Waals surface area contributed by atoms with Gasteiger partial charge in [0.05, 0.1) is 25.2 Å². The predicted molar refractivity (Wildman–Crippen MR) is 56.2 cm³/mol. The summed E-state index contributed by atoms with van der Waals surface area (Å²) in [4.78, 5) is 7.97. The minimum Gasteiger partial charge on any atom is -0.390 e. The summed E-state index contributed by atoms with van der Waals surface area (Å²) in [7, 11) is 0. The first-order valence-corrected chi connectivity index (χ1v) is 4.79. The Kier molecular flexibility index (Phi) is 2.94. The summed E-state index contributed by atoms with van der Waals surface area (Å²) in [6.45, 7) is 0.453. The van der Waals surface area contributed by atoms with Gasteiger partial charge < -0.3 is 9.67 Å². The molecule has 0 bridgehead atoms. The van der Waals surface area contributed by atoms with Crippen LogP contribution in [0.4, 0.5) is 0 Å². The van der Waals surface area contributed by atoms with Gasteiger partial charge in [-0.15, -0.1) is 0 Å². The van der Waals surface area contributed by atoms with Crippen LogP contribution < -0.4 is 0 Å².